The number of rotatable bonds is 3. The van der Waals surface area contributed by atoms with Gasteiger partial charge in [-0.3, -0.25) is 0 Å². The van der Waals surface area contributed by atoms with Gasteiger partial charge in [0.1, 0.15) is 0 Å². The van der Waals surface area contributed by atoms with Crippen LogP contribution in [0.25, 0.3) is 0 Å². The van der Waals surface area contributed by atoms with Crippen LogP contribution in [0.2, 0.25) is 0 Å². The van der Waals surface area contributed by atoms with Crippen LogP contribution in [0.4, 0.5) is 0 Å². The zero-order valence-electron chi connectivity index (χ0n) is 10.7. The Hall–Kier alpha value is -0.780. The lowest BCUT2D eigenvalue weighted by molar-refractivity contribution is 0.214. The molecule has 1 fully saturated rings. The lowest BCUT2D eigenvalue weighted by atomic mass is 9.74. The van der Waals surface area contributed by atoms with E-state index in [1.54, 1.807) is 0 Å². The van der Waals surface area contributed by atoms with Gasteiger partial charge in [0, 0.05) is 0 Å². The first kappa shape index (κ1) is 11.7. The van der Waals surface area contributed by atoms with Crippen molar-refractivity contribution in [2.24, 2.45) is 17.8 Å². The number of hydrogen-bond acceptors (Lipinski definition) is 0. The summed E-state index contributed by atoms with van der Waals surface area (Å²) in [6, 6.07) is 11.0. The third-order valence-corrected chi connectivity index (χ3v) is 4.13. The molecule has 0 amide bonds. The molecule has 0 nitrogen and oxygen atoms in total. The molecule has 16 heavy (non-hydrogen) atoms. The maximum Gasteiger partial charge on any atom is -0.0250 e. The number of benzene rings is 1. The van der Waals surface area contributed by atoms with Gasteiger partial charge in [0.05, 0.1) is 0 Å². The molecule has 0 saturated heterocycles. The maximum absolute atomic E-state index is 2.38. The molecule has 0 unspecified atom stereocenters. The summed E-state index contributed by atoms with van der Waals surface area (Å²) in [7, 11) is 0. The Morgan fingerprint density at radius 1 is 1.12 bits per heavy atom. The standard InChI is InChI=1S/C16H24/c1-13(2)16-10-6-9-15(12-16)11-14-7-4-3-5-8-14/h3-5,7-8,13,15-16H,6,9-12H2,1-2H3/t15-,16-/m1/s1. The molecule has 1 aromatic carbocycles. The average molecular weight is 216 g/mol. The van der Waals surface area contributed by atoms with E-state index in [0.717, 1.165) is 17.8 Å². The molecule has 88 valence electrons. The predicted octanol–water partition coefficient (Wildman–Crippen LogP) is 4.69. The van der Waals surface area contributed by atoms with E-state index >= 15 is 0 Å². The summed E-state index contributed by atoms with van der Waals surface area (Å²) in [5.74, 6) is 2.78. The highest BCUT2D eigenvalue weighted by Crippen LogP contribution is 2.35. The van der Waals surface area contributed by atoms with Gasteiger partial charge in [-0.25, -0.2) is 0 Å². The molecule has 0 heterocycles. The van der Waals surface area contributed by atoms with Crippen LogP contribution in [-0.4, -0.2) is 0 Å². The first-order valence-electron chi connectivity index (χ1n) is 6.79. The van der Waals surface area contributed by atoms with Crippen molar-refractivity contribution in [1.29, 1.82) is 0 Å². The molecular weight excluding hydrogens is 192 g/mol. The number of hydrogen-bond donors (Lipinski definition) is 0. The average Bonchev–Trinajstić information content (AvgIpc) is 2.30. The molecule has 1 aliphatic rings. The molecular formula is C16H24. The summed E-state index contributed by atoms with van der Waals surface area (Å²) in [4.78, 5) is 0. The quantitative estimate of drug-likeness (QED) is 0.687. The lowest BCUT2D eigenvalue weighted by Gasteiger charge is -2.31. The minimum atomic E-state index is 0.874. The second-order valence-corrected chi connectivity index (χ2v) is 5.73. The van der Waals surface area contributed by atoms with Crippen LogP contribution in [0.15, 0.2) is 30.3 Å². The van der Waals surface area contributed by atoms with Crippen molar-refractivity contribution in [2.45, 2.75) is 46.0 Å². The monoisotopic (exact) mass is 216 g/mol. The van der Waals surface area contributed by atoms with E-state index in [1.165, 1.54) is 37.7 Å². The molecule has 0 radical (unpaired) electrons. The fourth-order valence-corrected chi connectivity index (χ4v) is 3.07. The zero-order valence-corrected chi connectivity index (χ0v) is 10.7. The second-order valence-electron chi connectivity index (χ2n) is 5.73. The molecule has 0 heteroatoms. The van der Waals surface area contributed by atoms with Gasteiger partial charge in [0.15, 0.2) is 0 Å². The van der Waals surface area contributed by atoms with Crippen molar-refractivity contribution in [3.8, 4) is 0 Å². The van der Waals surface area contributed by atoms with Crippen molar-refractivity contribution < 1.29 is 0 Å². The summed E-state index contributed by atoms with van der Waals surface area (Å²) < 4.78 is 0. The summed E-state index contributed by atoms with van der Waals surface area (Å²) in [5.41, 5.74) is 1.52. The van der Waals surface area contributed by atoms with Crippen LogP contribution < -0.4 is 0 Å². The molecule has 0 aromatic heterocycles. The van der Waals surface area contributed by atoms with Crippen LogP contribution in [0.3, 0.4) is 0 Å². The zero-order chi connectivity index (χ0) is 11.4. The van der Waals surface area contributed by atoms with Crippen LogP contribution in [0.1, 0.15) is 45.1 Å². The minimum Gasteiger partial charge on any atom is -0.0625 e. The Morgan fingerprint density at radius 2 is 1.88 bits per heavy atom. The Balaban J connectivity index is 1.90. The van der Waals surface area contributed by atoms with Gasteiger partial charge in [0.2, 0.25) is 0 Å². The van der Waals surface area contributed by atoms with Crippen molar-refractivity contribution >= 4 is 0 Å². The highest BCUT2D eigenvalue weighted by molar-refractivity contribution is 5.15. The van der Waals surface area contributed by atoms with Gasteiger partial charge in [-0.05, 0) is 36.2 Å². The van der Waals surface area contributed by atoms with E-state index in [0.29, 0.717) is 0 Å². The van der Waals surface area contributed by atoms with Crippen LogP contribution in [0, 0.1) is 17.8 Å². The first-order chi connectivity index (χ1) is 7.75. The van der Waals surface area contributed by atoms with E-state index in [-0.39, 0.29) is 0 Å². The molecule has 2 atom stereocenters. The third-order valence-electron chi connectivity index (χ3n) is 4.13. The van der Waals surface area contributed by atoms with Crippen molar-refractivity contribution in [2.75, 3.05) is 0 Å². The summed E-state index contributed by atoms with van der Waals surface area (Å²) in [5, 5.41) is 0. The molecule has 0 aliphatic heterocycles. The van der Waals surface area contributed by atoms with E-state index in [2.05, 4.69) is 44.2 Å². The summed E-state index contributed by atoms with van der Waals surface area (Å²) in [6.45, 7) is 4.77. The lowest BCUT2D eigenvalue weighted by Crippen LogP contribution is -2.21. The van der Waals surface area contributed by atoms with E-state index < -0.39 is 0 Å². The molecule has 1 saturated carbocycles. The molecule has 1 aromatic rings. The maximum atomic E-state index is 2.38. The summed E-state index contributed by atoms with van der Waals surface area (Å²) >= 11 is 0. The molecule has 0 spiro atoms. The van der Waals surface area contributed by atoms with Crippen LogP contribution in [0.5, 0.6) is 0 Å². The largest absolute Gasteiger partial charge is 0.0625 e. The second kappa shape index (κ2) is 5.52. The first-order valence-corrected chi connectivity index (χ1v) is 6.79. The van der Waals surface area contributed by atoms with Crippen molar-refractivity contribution in [1.82, 2.24) is 0 Å². The fourth-order valence-electron chi connectivity index (χ4n) is 3.07. The van der Waals surface area contributed by atoms with E-state index in [1.807, 2.05) is 0 Å². The Kier molecular flexibility index (Phi) is 4.04. The SMILES string of the molecule is CC(C)[C@@H]1CCC[C@H](Cc2ccccc2)C1. The highest BCUT2D eigenvalue weighted by Gasteiger charge is 2.23. The van der Waals surface area contributed by atoms with Crippen molar-refractivity contribution in [3.05, 3.63) is 35.9 Å². The Bertz CT molecular complexity index is 299. The minimum absolute atomic E-state index is 0.874. The van der Waals surface area contributed by atoms with E-state index in [9.17, 15) is 0 Å². The van der Waals surface area contributed by atoms with Gasteiger partial charge in [-0.15, -0.1) is 0 Å². The molecule has 0 bridgehead atoms. The van der Waals surface area contributed by atoms with Crippen molar-refractivity contribution in [3.63, 3.8) is 0 Å². The van der Waals surface area contributed by atoms with E-state index in [4.69, 9.17) is 0 Å². The van der Waals surface area contributed by atoms with Crippen LogP contribution in [-0.2, 0) is 6.42 Å². The van der Waals surface area contributed by atoms with Crippen LogP contribution >= 0.6 is 0 Å². The Labute approximate surface area is 100 Å². The van der Waals surface area contributed by atoms with Gasteiger partial charge in [0.25, 0.3) is 0 Å². The van der Waals surface area contributed by atoms with Gasteiger partial charge in [-0.1, -0.05) is 63.4 Å². The highest BCUT2D eigenvalue weighted by atomic mass is 14.3. The predicted molar refractivity (Wildman–Crippen MR) is 70.4 cm³/mol. The summed E-state index contributed by atoms with van der Waals surface area (Å²) in [6.07, 6.45) is 7.10. The smallest absolute Gasteiger partial charge is 0.0250 e. The Morgan fingerprint density at radius 3 is 2.56 bits per heavy atom. The van der Waals surface area contributed by atoms with Gasteiger partial charge >= 0.3 is 0 Å². The third kappa shape index (κ3) is 3.10. The normalized spacial score (nSPS) is 25.9. The molecule has 2 rings (SSSR count). The van der Waals surface area contributed by atoms with Gasteiger partial charge < -0.3 is 0 Å². The van der Waals surface area contributed by atoms with Gasteiger partial charge in [-0.2, -0.15) is 0 Å². The fraction of sp³-hybridized carbons (Fsp3) is 0.625. The topological polar surface area (TPSA) is 0 Å². The molecule has 1 aliphatic carbocycles. The molecule has 0 N–H and O–H groups in total.